The molecule has 0 heterocycles. The van der Waals surface area contributed by atoms with Crippen LogP contribution in [0.15, 0.2) is 18.2 Å². The first kappa shape index (κ1) is 15.3. The minimum Gasteiger partial charge on any atom is -0.341 e. The van der Waals surface area contributed by atoms with Gasteiger partial charge in [-0.1, -0.05) is 37.0 Å². The fourth-order valence-electron chi connectivity index (χ4n) is 1.65. The van der Waals surface area contributed by atoms with E-state index in [4.69, 9.17) is 28.9 Å². The van der Waals surface area contributed by atoms with Crippen LogP contribution in [0, 0.1) is 5.41 Å². The number of halogens is 2. The second-order valence-corrected chi connectivity index (χ2v) is 6.00. The first-order valence-corrected chi connectivity index (χ1v) is 6.43. The molecule has 0 saturated heterocycles. The van der Waals surface area contributed by atoms with Crippen LogP contribution >= 0.6 is 23.2 Å². The van der Waals surface area contributed by atoms with Crippen molar-refractivity contribution in [3.8, 4) is 0 Å². The Balaban J connectivity index is 2.87. The molecule has 5 heteroatoms. The van der Waals surface area contributed by atoms with Crippen molar-refractivity contribution in [2.45, 2.75) is 13.8 Å². The topological polar surface area (TPSA) is 46.3 Å². The van der Waals surface area contributed by atoms with Crippen molar-refractivity contribution in [3.05, 3.63) is 33.8 Å². The molecule has 0 saturated carbocycles. The summed E-state index contributed by atoms with van der Waals surface area (Å²) in [5.74, 6) is -0.127. The summed E-state index contributed by atoms with van der Waals surface area (Å²) in [6.45, 7) is 5.11. The monoisotopic (exact) mass is 288 g/mol. The molecular weight excluding hydrogens is 271 g/mol. The van der Waals surface area contributed by atoms with Crippen molar-refractivity contribution in [1.82, 2.24) is 4.90 Å². The largest absolute Gasteiger partial charge is 0.341 e. The quantitative estimate of drug-likeness (QED) is 0.926. The van der Waals surface area contributed by atoms with Crippen LogP contribution in [0.3, 0.4) is 0 Å². The van der Waals surface area contributed by atoms with Gasteiger partial charge in [-0.3, -0.25) is 4.79 Å². The van der Waals surface area contributed by atoms with Crippen molar-refractivity contribution in [3.63, 3.8) is 0 Å². The zero-order valence-electron chi connectivity index (χ0n) is 10.8. The van der Waals surface area contributed by atoms with Gasteiger partial charge in [0.1, 0.15) is 0 Å². The summed E-state index contributed by atoms with van der Waals surface area (Å²) in [7, 11) is 1.74. The fourth-order valence-corrected chi connectivity index (χ4v) is 2.14. The van der Waals surface area contributed by atoms with E-state index in [1.807, 2.05) is 13.8 Å². The lowest BCUT2D eigenvalue weighted by Gasteiger charge is -2.29. The van der Waals surface area contributed by atoms with Gasteiger partial charge in [-0.15, -0.1) is 0 Å². The van der Waals surface area contributed by atoms with Crippen molar-refractivity contribution in [2.75, 3.05) is 20.1 Å². The molecule has 0 aliphatic carbocycles. The Morgan fingerprint density at radius 3 is 2.50 bits per heavy atom. The summed E-state index contributed by atoms with van der Waals surface area (Å²) in [4.78, 5) is 13.9. The van der Waals surface area contributed by atoms with Crippen LogP contribution in [0.2, 0.25) is 10.0 Å². The molecule has 1 amide bonds. The highest BCUT2D eigenvalue weighted by Gasteiger charge is 2.23. The molecule has 3 nitrogen and oxygen atoms in total. The van der Waals surface area contributed by atoms with Gasteiger partial charge in [-0.2, -0.15) is 0 Å². The van der Waals surface area contributed by atoms with Gasteiger partial charge in [-0.25, -0.2) is 0 Å². The number of carbonyl (C=O) groups excluding carboxylic acids is 1. The molecule has 100 valence electrons. The Kier molecular flexibility index (Phi) is 5.02. The molecule has 0 aliphatic heterocycles. The maximum Gasteiger partial charge on any atom is 0.255 e. The van der Waals surface area contributed by atoms with E-state index in [0.717, 1.165) is 0 Å². The van der Waals surface area contributed by atoms with E-state index in [-0.39, 0.29) is 11.3 Å². The highest BCUT2D eigenvalue weighted by molar-refractivity contribution is 6.36. The zero-order valence-corrected chi connectivity index (χ0v) is 12.3. The SMILES string of the molecule is CN(CC(C)(C)CN)C(=O)c1ccc(Cl)cc1Cl. The Morgan fingerprint density at radius 1 is 1.39 bits per heavy atom. The molecule has 0 aromatic heterocycles. The van der Waals surface area contributed by atoms with E-state index >= 15 is 0 Å². The maximum atomic E-state index is 12.2. The highest BCUT2D eigenvalue weighted by atomic mass is 35.5. The summed E-state index contributed by atoms with van der Waals surface area (Å²) < 4.78 is 0. The molecular formula is C13H18Cl2N2O. The predicted octanol–water partition coefficient (Wildman–Crippen LogP) is 3.05. The van der Waals surface area contributed by atoms with E-state index in [1.165, 1.54) is 0 Å². The van der Waals surface area contributed by atoms with Gasteiger partial charge in [0, 0.05) is 18.6 Å². The summed E-state index contributed by atoms with van der Waals surface area (Å²) in [5.41, 5.74) is 5.99. The summed E-state index contributed by atoms with van der Waals surface area (Å²) in [6, 6.07) is 4.86. The van der Waals surface area contributed by atoms with Crippen LogP contribution in [0.25, 0.3) is 0 Å². The third-order valence-corrected chi connectivity index (χ3v) is 3.27. The number of hydrogen-bond acceptors (Lipinski definition) is 2. The van der Waals surface area contributed by atoms with Gasteiger partial charge in [-0.05, 0) is 30.2 Å². The minimum absolute atomic E-state index is 0.122. The van der Waals surface area contributed by atoms with Crippen LogP contribution in [0.5, 0.6) is 0 Å². The second-order valence-electron chi connectivity index (χ2n) is 5.15. The second kappa shape index (κ2) is 5.91. The van der Waals surface area contributed by atoms with Crippen LogP contribution < -0.4 is 5.73 Å². The molecule has 1 aromatic rings. The van der Waals surface area contributed by atoms with Gasteiger partial charge >= 0.3 is 0 Å². The van der Waals surface area contributed by atoms with E-state index in [1.54, 1.807) is 30.1 Å². The van der Waals surface area contributed by atoms with Crippen molar-refractivity contribution < 1.29 is 4.79 Å². The Morgan fingerprint density at radius 2 is 2.00 bits per heavy atom. The highest BCUT2D eigenvalue weighted by Crippen LogP contribution is 2.23. The maximum absolute atomic E-state index is 12.2. The van der Waals surface area contributed by atoms with E-state index < -0.39 is 0 Å². The third-order valence-electron chi connectivity index (χ3n) is 2.73. The molecule has 0 radical (unpaired) electrons. The van der Waals surface area contributed by atoms with Crippen LogP contribution in [-0.2, 0) is 0 Å². The number of carbonyl (C=O) groups is 1. The van der Waals surface area contributed by atoms with Gasteiger partial charge in [0.05, 0.1) is 10.6 Å². The van der Waals surface area contributed by atoms with E-state index in [9.17, 15) is 4.79 Å². The van der Waals surface area contributed by atoms with E-state index in [0.29, 0.717) is 28.7 Å². The molecule has 0 spiro atoms. The minimum atomic E-state index is -0.127. The molecule has 1 aromatic carbocycles. The Hall–Kier alpha value is -0.770. The molecule has 2 N–H and O–H groups in total. The third kappa shape index (κ3) is 3.87. The fraction of sp³-hybridized carbons (Fsp3) is 0.462. The summed E-state index contributed by atoms with van der Waals surface area (Å²) in [6.07, 6.45) is 0. The number of nitrogens with two attached hydrogens (primary N) is 1. The molecule has 0 aliphatic rings. The van der Waals surface area contributed by atoms with Gasteiger partial charge in [0.25, 0.3) is 5.91 Å². The smallest absolute Gasteiger partial charge is 0.255 e. The standard InChI is InChI=1S/C13H18Cl2N2O/c1-13(2,7-16)8-17(3)12(18)10-5-4-9(14)6-11(10)15/h4-6H,7-8,16H2,1-3H3. The average molecular weight is 289 g/mol. The van der Waals surface area contributed by atoms with Crippen molar-refractivity contribution >= 4 is 29.1 Å². The predicted molar refractivity (Wildman–Crippen MR) is 76.3 cm³/mol. The lowest BCUT2D eigenvalue weighted by molar-refractivity contribution is 0.0741. The van der Waals surface area contributed by atoms with Crippen LogP contribution in [-0.4, -0.2) is 30.9 Å². The lowest BCUT2D eigenvalue weighted by Crippen LogP contribution is -2.39. The number of rotatable bonds is 4. The van der Waals surface area contributed by atoms with Gasteiger partial charge in [0.2, 0.25) is 0 Å². The molecule has 0 atom stereocenters. The Labute approximate surface area is 118 Å². The number of benzene rings is 1. The van der Waals surface area contributed by atoms with Crippen molar-refractivity contribution in [2.24, 2.45) is 11.1 Å². The molecule has 0 bridgehead atoms. The first-order chi connectivity index (χ1) is 8.26. The number of hydrogen-bond donors (Lipinski definition) is 1. The summed E-state index contributed by atoms with van der Waals surface area (Å²) in [5, 5.41) is 0.881. The molecule has 0 unspecified atom stereocenters. The molecule has 18 heavy (non-hydrogen) atoms. The van der Waals surface area contributed by atoms with Gasteiger partial charge < -0.3 is 10.6 Å². The van der Waals surface area contributed by atoms with Gasteiger partial charge in [0.15, 0.2) is 0 Å². The molecule has 1 rings (SSSR count). The number of nitrogens with zero attached hydrogens (tertiary/aromatic N) is 1. The lowest BCUT2D eigenvalue weighted by atomic mass is 9.93. The number of amides is 1. The Bertz CT molecular complexity index is 447. The van der Waals surface area contributed by atoms with Crippen LogP contribution in [0.1, 0.15) is 24.2 Å². The molecule has 0 fully saturated rings. The first-order valence-electron chi connectivity index (χ1n) is 5.67. The zero-order chi connectivity index (χ0) is 13.9. The average Bonchev–Trinajstić information content (AvgIpc) is 2.27. The van der Waals surface area contributed by atoms with E-state index in [2.05, 4.69) is 0 Å². The van der Waals surface area contributed by atoms with Crippen LogP contribution in [0.4, 0.5) is 0 Å². The summed E-state index contributed by atoms with van der Waals surface area (Å²) >= 11 is 11.8. The normalized spacial score (nSPS) is 11.4. The van der Waals surface area contributed by atoms with Crippen molar-refractivity contribution in [1.29, 1.82) is 0 Å².